The molecular weight excluding hydrogens is 360 g/mol. The molecule has 7 heteroatoms. The maximum Gasteiger partial charge on any atom is 0.232 e. The van der Waals surface area contributed by atoms with Crippen LogP contribution >= 0.6 is 11.6 Å². The lowest BCUT2D eigenvalue weighted by molar-refractivity contribution is -0.131. The number of aryl methyl sites for hydroxylation is 2. The molecule has 5 nitrogen and oxygen atoms in total. The third-order valence-electron chi connectivity index (χ3n) is 3.92. The largest absolute Gasteiger partial charge is 0.343 e. The van der Waals surface area contributed by atoms with Gasteiger partial charge in [0.15, 0.2) is 0 Å². The van der Waals surface area contributed by atoms with Gasteiger partial charge in [0, 0.05) is 26.1 Å². The zero-order valence-electron chi connectivity index (χ0n) is 15.8. The van der Waals surface area contributed by atoms with Crippen LogP contribution in [-0.2, 0) is 14.8 Å². The number of benzene rings is 1. The smallest absolute Gasteiger partial charge is 0.232 e. The minimum absolute atomic E-state index is 0.0294. The summed E-state index contributed by atoms with van der Waals surface area (Å²) in [4.78, 5) is 14.3. The van der Waals surface area contributed by atoms with Gasteiger partial charge in [-0.05, 0) is 43.9 Å². The molecule has 1 amide bonds. The lowest BCUT2D eigenvalue weighted by atomic mass is 10.1. The first-order valence-corrected chi connectivity index (χ1v) is 10.9. The van der Waals surface area contributed by atoms with Crippen molar-refractivity contribution in [2.24, 2.45) is 0 Å². The number of hydrogen-bond acceptors (Lipinski definition) is 3. The zero-order valence-corrected chi connectivity index (χ0v) is 17.4. The fourth-order valence-corrected chi connectivity index (χ4v) is 4.39. The van der Waals surface area contributed by atoms with E-state index in [1.165, 1.54) is 4.31 Å². The van der Waals surface area contributed by atoms with E-state index in [1.807, 2.05) is 33.8 Å². The molecule has 0 atom stereocenters. The first-order chi connectivity index (χ1) is 11.6. The number of halogens is 1. The van der Waals surface area contributed by atoms with Gasteiger partial charge in [0.25, 0.3) is 0 Å². The van der Waals surface area contributed by atoms with Gasteiger partial charge in [-0.15, -0.1) is 0 Å². The molecule has 0 bridgehead atoms. The molecule has 0 aliphatic carbocycles. The number of carbonyl (C=O) groups is 1. The minimum Gasteiger partial charge on any atom is -0.343 e. The van der Waals surface area contributed by atoms with E-state index in [-0.39, 0.29) is 18.9 Å². The third-order valence-corrected chi connectivity index (χ3v) is 5.37. The summed E-state index contributed by atoms with van der Waals surface area (Å²) in [5.41, 5.74) is 2.20. The lowest BCUT2D eigenvalue weighted by Crippen LogP contribution is -2.38. The number of carbonyl (C=O) groups excluding carboxylic acids is 1. The Bertz CT molecular complexity index is 675. The first-order valence-electron chi connectivity index (χ1n) is 8.64. The van der Waals surface area contributed by atoms with Gasteiger partial charge in [0.05, 0.1) is 17.0 Å². The van der Waals surface area contributed by atoms with E-state index in [2.05, 4.69) is 0 Å². The summed E-state index contributed by atoms with van der Waals surface area (Å²) in [6.45, 7) is 9.25. The van der Waals surface area contributed by atoms with Crippen LogP contribution in [-0.4, -0.2) is 45.1 Å². The number of sulfonamides is 1. The topological polar surface area (TPSA) is 57.7 Å². The molecule has 0 unspecified atom stereocenters. The monoisotopic (exact) mass is 388 g/mol. The van der Waals surface area contributed by atoms with Gasteiger partial charge in [-0.2, -0.15) is 0 Å². The van der Waals surface area contributed by atoms with E-state index >= 15 is 0 Å². The summed E-state index contributed by atoms with van der Waals surface area (Å²) < 4.78 is 25.8. The molecule has 1 aromatic carbocycles. The van der Waals surface area contributed by atoms with Crippen LogP contribution in [0.25, 0.3) is 0 Å². The average molecular weight is 389 g/mol. The van der Waals surface area contributed by atoms with Crippen LogP contribution in [0.2, 0.25) is 5.02 Å². The normalized spacial score (nSPS) is 11.4. The standard InChI is InChI=1S/C18H29ClN2O3S/c1-6-9-20(10-7-2)17(22)8-11-21(25(5,23)24)18-15(4)12-14(3)13-16(18)19/h12-13H,6-11H2,1-5H3. The molecular formula is C18H29ClN2O3S. The maximum atomic E-state index is 12.5. The van der Waals surface area contributed by atoms with Crippen LogP contribution in [0, 0.1) is 13.8 Å². The van der Waals surface area contributed by atoms with Crippen molar-refractivity contribution in [3.63, 3.8) is 0 Å². The Morgan fingerprint density at radius 3 is 2.08 bits per heavy atom. The lowest BCUT2D eigenvalue weighted by Gasteiger charge is -2.27. The minimum atomic E-state index is -3.54. The highest BCUT2D eigenvalue weighted by molar-refractivity contribution is 7.92. The molecule has 0 aliphatic heterocycles. The third kappa shape index (κ3) is 6.19. The molecule has 0 fully saturated rings. The van der Waals surface area contributed by atoms with Gasteiger partial charge in [-0.25, -0.2) is 8.42 Å². The Morgan fingerprint density at radius 2 is 1.64 bits per heavy atom. The van der Waals surface area contributed by atoms with Gasteiger partial charge in [0.1, 0.15) is 0 Å². The number of rotatable bonds is 9. The molecule has 0 heterocycles. The molecule has 0 N–H and O–H groups in total. The number of anilines is 1. The molecule has 0 saturated heterocycles. The van der Waals surface area contributed by atoms with Gasteiger partial charge >= 0.3 is 0 Å². The second kappa shape index (κ2) is 9.43. The van der Waals surface area contributed by atoms with E-state index in [1.54, 1.807) is 11.0 Å². The van der Waals surface area contributed by atoms with Crippen molar-refractivity contribution in [1.29, 1.82) is 0 Å². The Morgan fingerprint density at radius 1 is 1.08 bits per heavy atom. The van der Waals surface area contributed by atoms with Crippen LogP contribution in [0.5, 0.6) is 0 Å². The molecule has 142 valence electrons. The summed E-state index contributed by atoms with van der Waals surface area (Å²) in [7, 11) is -3.54. The molecule has 0 aromatic heterocycles. The second-order valence-corrected chi connectivity index (χ2v) is 8.69. The molecule has 1 rings (SSSR count). The highest BCUT2D eigenvalue weighted by Gasteiger charge is 2.24. The van der Waals surface area contributed by atoms with E-state index in [9.17, 15) is 13.2 Å². The predicted octanol–water partition coefficient (Wildman–Crippen LogP) is 3.76. The van der Waals surface area contributed by atoms with Gasteiger partial charge in [0.2, 0.25) is 15.9 Å². The van der Waals surface area contributed by atoms with E-state index in [0.29, 0.717) is 23.8 Å². The summed E-state index contributed by atoms with van der Waals surface area (Å²) in [5, 5.41) is 0.384. The quantitative estimate of drug-likeness (QED) is 0.647. The Hall–Kier alpha value is -1.27. The number of amides is 1. The maximum absolute atomic E-state index is 12.5. The zero-order chi connectivity index (χ0) is 19.2. The summed E-state index contributed by atoms with van der Waals surface area (Å²) in [6.07, 6.45) is 3.04. The molecule has 0 radical (unpaired) electrons. The van der Waals surface area contributed by atoms with Crippen molar-refractivity contribution in [1.82, 2.24) is 4.90 Å². The summed E-state index contributed by atoms with van der Waals surface area (Å²) in [5.74, 6) is -0.0294. The Kier molecular flexibility index (Phi) is 8.22. The van der Waals surface area contributed by atoms with Crippen molar-refractivity contribution < 1.29 is 13.2 Å². The number of nitrogens with zero attached hydrogens (tertiary/aromatic N) is 2. The molecule has 1 aromatic rings. The Labute approximate surface area is 157 Å². The SMILES string of the molecule is CCCN(CCC)C(=O)CCN(c1c(C)cc(C)cc1Cl)S(C)(=O)=O. The molecule has 0 spiro atoms. The molecule has 0 aliphatic rings. The van der Waals surface area contributed by atoms with Crippen LogP contribution in [0.15, 0.2) is 12.1 Å². The van der Waals surface area contributed by atoms with Crippen molar-refractivity contribution in [3.05, 3.63) is 28.3 Å². The van der Waals surface area contributed by atoms with Crippen molar-refractivity contribution in [2.45, 2.75) is 47.0 Å². The van der Waals surface area contributed by atoms with Gasteiger partial charge < -0.3 is 4.90 Å². The summed E-state index contributed by atoms with van der Waals surface area (Å²) in [6, 6.07) is 3.63. The van der Waals surface area contributed by atoms with Crippen LogP contribution in [0.4, 0.5) is 5.69 Å². The van der Waals surface area contributed by atoms with Crippen LogP contribution < -0.4 is 4.31 Å². The first kappa shape index (κ1) is 21.8. The Balaban J connectivity index is 3.06. The van der Waals surface area contributed by atoms with Gasteiger partial charge in [-0.1, -0.05) is 31.5 Å². The second-order valence-electron chi connectivity index (χ2n) is 6.38. The highest BCUT2D eigenvalue weighted by atomic mass is 35.5. The van der Waals surface area contributed by atoms with Crippen LogP contribution in [0.1, 0.15) is 44.2 Å². The van der Waals surface area contributed by atoms with E-state index in [4.69, 9.17) is 11.6 Å². The predicted molar refractivity (Wildman–Crippen MR) is 105 cm³/mol. The highest BCUT2D eigenvalue weighted by Crippen LogP contribution is 2.32. The van der Waals surface area contributed by atoms with Crippen LogP contribution in [0.3, 0.4) is 0 Å². The fraction of sp³-hybridized carbons (Fsp3) is 0.611. The summed E-state index contributed by atoms with van der Waals surface area (Å²) >= 11 is 6.31. The van der Waals surface area contributed by atoms with Crippen molar-refractivity contribution in [2.75, 3.05) is 30.2 Å². The van der Waals surface area contributed by atoms with E-state index < -0.39 is 10.0 Å². The van der Waals surface area contributed by atoms with Crippen molar-refractivity contribution in [3.8, 4) is 0 Å². The van der Waals surface area contributed by atoms with Gasteiger partial charge in [-0.3, -0.25) is 9.10 Å². The van der Waals surface area contributed by atoms with E-state index in [0.717, 1.165) is 30.2 Å². The number of hydrogen-bond donors (Lipinski definition) is 0. The average Bonchev–Trinajstić information content (AvgIpc) is 2.47. The molecule has 0 saturated carbocycles. The fourth-order valence-electron chi connectivity index (χ4n) is 2.92. The van der Waals surface area contributed by atoms with Crippen molar-refractivity contribution >= 4 is 33.2 Å². The molecule has 25 heavy (non-hydrogen) atoms.